The number of pyridine rings is 1. The van der Waals surface area contributed by atoms with E-state index in [1.165, 1.54) is 22.1 Å². The van der Waals surface area contributed by atoms with Crippen LogP contribution >= 0.6 is 11.3 Å². The van der Waals surface area contributed by atoms with Gasteiger partial charge in [-0.3, -0.25) is 9.36 Å². The van der Waals surface area contributed by atoms with Crippen molar-refractivity contribution in [1.29, 1.82) is 0 Å². The van der Waals surface area contributed by atoms with Gasteiger partial charge in [-0.25, -0.2) is 15.0 Å². The number of anilines is 1. The number of rotatable bonds is 4. The van der Waals surface area contributed by atoms with Gasteiger partial charge in [-0.05, 0) is 12.5 Å². The van der Waals surface area contributed by atoms with Crippen LogP contribution in [0.4, 0.5) is 5.69 Å². The minimum absolute atomic E-state index is 0.00877. The van der Waals surface area contributed by atoms with Crippen LogP contribution in [-0.2, 0) is 6.54 Å². The second-order valence-electron chi connectivity index (χ2n) is 4.40. The summed E-state index contributed by atoms with van der Waals surface area (Å²) in [4.78, 5) is 25.3. The van der Waals surface area contributed by atoms with E-state index in [1.54, 1.807) is 17.6 Å². The molecule has 0 atom stereocenters. The molecule has 0 spiro atoms. The number of aliphatic hydroxyl groups excluding tert-OH is 1. The Bertz CT molecular complexity index is 828. The predicted octanol–water partition coefficient (Wildman–Crippen LogP) is 0.880. The van der Waals surface area contributed by atoms with E-state index in [0.717, 1.165) is 0 Å². The molecule has 7 nitrogen and oxygen atoms in total. The summed E-state index contributed by atoms with van der Waals surface area (Å²) in [6.07, 6.45) is 3.61. The standard InChI is InChI=1S/C13H13N5O2S/c14-8-2-3-15-11-9(8)17-10(12-16-4-7-21-12)13(20)18(11)5-1-6-19/h2-4,7,19H,1,5-6H2,(H2,14,15). The summed E-state index contributed by atoms with van der Waals surface area (Å²) < 4.78 is 1.49. The Labute approximate surface area is 123 Å². The summed E-state index contributed by atoms with van der Waals surface area (Å²) in [5.41, 5.74) is 7.28. The average Bonchev–Trinajstić information content (AvgIpc) is 3.00. The van der Waals surface area contributed by atoms with Gasteiger partial charge in [-0.1, -0.05) is 0 Å². The van der Waals surface area contributed by atoms with E-state index in [1.807, 2.05) is 0 Å². The molecule has 3 aromatic rings. The molecule has 0 saturated heterocycles. The lowest BCUT2D eigenvalue weighted by molar-refractivity contribution is 0.280. The highest BCUT2D eigenvalue weighted by Gasteiger charge is 2.16. The molecule has 0 bridgehead atoms. The molecule has 0 radical (unpaired) electrons. The van der Waals surface area contributed by atoms with Crippen LogP contribution in [0.15, 0.2) is 28.6 Å². The molecule has 0 saturated carbocycles. The predicted molar refractivity (Wildman–Crippen MR) is 81.0 cm³/mol. The molecule has 0 aliphatic rings. The summed E-state index contributed by atoms with van der Waals surface area (Å²) in [6, 6.07) is 1.64. The molecule has 3 heterocycles. The summed E-state index contributed by atoms with van der Waals surface area (Å²) in [6.45, 7) is 0.342. The molecular weight excluding hydrogens is 290 g/mol. The van der Waals surface area contributed by atoms with E-state index >= 15 is 0 Å². The van der Waals surface area contributed by atoms with Crippen molar-refractivity contribution in [3.8, 4) is 10.7 Å². The van der Waals surface area contributed by atoms with Crippen LogP contribution in [0.1, 0.15) is 6.42 Å². The number of hydrogen-bond acceptors (Lipinski definition) is 7. The number of hydrogen-bond donors (Lipinski definition) is 2. The highest BCUT2D eigenvalue weighted by atomic mass is 32.1. The van der Waals surface area contributed by atoms with E-state index in [4.69, 9.17) is 10.8 Å². The van der Waals surface area contributed by atoms with Crippen LogP contribution in [0, 0.1) is 0 Å². The van der Waals surface area contributed by atoms with E-state index in [9.17, 15) is 4.79 Å². The Morgan fingerprint density at radius 1 is 1.33 bits per heavy atom. The van der Waals surface area contributed by atoms with Crippen LogP contribution in [0.5, 0.6) is 0 Å². The van der Waals surface area contributed by atoms with Gasteiger partial charge >= 0.3 is 0 Å². The van der Waals surface area contributed by atoms with Gasteiger partial charge in [0.25, 0.3) is 5.56 Å². The Morgan fingerprint density at radius 2 is 2.19 bits per heavy atom. The van der Waals surface area contributed by atoms with E-state index in [2.05, 4.69) is 15.0 Å². The molecular formula is C13H13N5O2S. The average molecular weight is 303 g/mol. The number of thiazole rings is 1. The van der Waals surface area contributed by atoms with Gasteiger partial charge in [-0.2, -0.15) is 0 Å². The molecule has 0 aromatic carbocycles. The number of aryl methyl sites for hydroxylation is 1. The first-order valence-electron chi connectivity index (χ1n) is 6.38. The maximum Gasteiger partial charge on any atom is 0.281 e. The highest BCUT2D eigenvalue weighted by molar-refractivity contribution is 7.13. The van der Waals surface area contributed by atoms with Gasteiger partial charge in [0.05, 0.1) is 5.69 Å². The lowest BCUT2D eigenvalue weighted by Crippen LogP contribution is -2.25. The molecule has 8 heteroatoms. The van der Waals surface area contributed by atoms with Gasteiger partial charge in [0.15, 0.2) is 11.3 Å². The molecule has 0 aliphatic heterocycles. The maximum atomic E-state index is 12.6. The molecule has 108 valence electrons. The molecule has 3 aromatic heterocycles. The fraction of sp³-hybridized carbons (Fsp3) is 0.231. The molecule has 3 N–H and O–H groups in total. The normalized spacial score (nSPS) is 11.1. The third-order valence-corrected chi connectivity index (χ3v) is 3.82. The largest absolute Gasteiger partial charge is 0.397 e. The molecule has 21 heavy (non-hydrogen) atoms. The fourth-order valence-electron chi connectivity index (χ4n) is 2.07. The zero-order valence-corrected chi connectivity index (χ0v) is 11.9. The highest BCUT2D eigenvalue weighted by Crippen LogP contribution is 2.21. The second kappa shape index (κ2) is 5.58. The zero-order valence-electron chi connectivity index (χ0n) is 11.1. The SMILES string of the molecule is Nc1ccnc2c1nc(-c1nccs1)c(=O)n2CCCO. The van der Waals surface area contributed by atoms with Gasteiger partial charge in [0, 0.05) is 30.9 Å². The van der Waals surface area contributed by atoms with Gasteiger partial charge in [-0.15, -0.1) is 11.3 Å². The summed E-state index contributed by atoms with van der Waals surface area (Å²) in [5.74, 6) is 0. The van der Waals surface area contributed by atoms with Crippen molar-refractivity contribution < 1.29 is 5.11 Å². The number of nitrogens with zero attached hydrogens (tertiary/aromatic N) is 4. The van der Waals surface area contributed by atoms with E-state index in [0.29, 0.717) is 34.8 Å². The van der Waals surface area contributed by atoms with Crippen molar-refractivity contribution in [3.63, 3.8) is 0 Å². The monoisotopic (exact) mass is 303 g/mol. The second-order valence-corrected chi connectivity index (χ2v) is 5.30. The van der Waals surface area contributed by atoms with E-state index < -0.39 is 0 Å². The Balaban J connectivity index is 2.33. The quantitative estimate of drug-likeness (QED) is 0.741. The van der Waals surface area contributed by atoms with Crippen LogP contribution in [-0.4, -0.2) is 31.2 Å². The smallest absolute Gasteiger partial charge is 0.281 e. The molecule has 0 fully saturated rings. The number of fused-ring (bicyclic) bond motifs is 1. The minimum Gasteiger partial charge on any atom is -0.397 e. The fourth-order valence-corrected chi connectivity index (χ4v) is 2.69. The Kier molecular flexibility index (Phi) is 3.63. The molecule has 0 amide bonds. The zero-order chi connectivity index (χ0) is 14.8. The summed E-state index contributed by atoms with van der Waals surface area (Å²) >= 11 is 1.34. The van der Waals surface area contributed by atoms with Crippen molar-refractivity contribution >= 4 is 28.2 Å². The first-order chi connectivity index (χ1) is 10.2. The van der Waals surface area contributed by atoms with Crippen molar-refractivity contribution in [1.82, 2.24) is 19.5 Å². The third-order valence-electron chi connectivity index (χ3n) is 3.04. The van der Waals surface area contributed by atoms with E-state index in [-0.39, 0.29) is 17.9 Å². The lowest BCUT2D eigenvalue weighted by atomic mass is 10.3. The van der Waals surface area contributed by atoms with Crippen LogP contribution in [0.25, 0.3) is 21.9 Å². The Hall–Kier alpha value is -2.32. The van der Waals surface area contributed by atoms with Gasteiger partial charge in [0.1, 0.15) is 10.5 Å². The maximum absolute atomic E-state index is 12.6. The summed E-state index contributed by atoms with van der Waals surface area (Å²) in [5, 5.41) is 11.3. The molecule has 0 unspecified atom stereocenters. The van der Waals surface area contributed by atoms with Crippen LogP contribution < -0.4 is 11.3 Å². The summed E-state index contributed by atoms with van der Waals surface area (Å²) in [7, 11) is 0. The van der Waals surface area contributed by atoms with Crippen molar-refractivity contribution in [2.24, 2.45) is 0 Å². The van der Waals surface area contributed by atoms with Crippen LogP contribution in [0.2, 0.25) is 0 Å². The van der Waals surface area contributed by atoms with Crippen molar-refractivity contribution in [2.75, 3.05) is 12.3 Å². The topological polar surface area (TPSA) is 107 Å². The van der Waals surface area contributed by atoms with Gasteiger partial charge in [0.2, 0.25) is 0 Å². The lowest BCUT2D eigenvalue weighted by Gasteiger charge is -2.11. The first kappa shape index (κ1) is 13.7. The number of aromatic nitrogens is 4. The van der Waals surface area contributed by atoms with Crippen molar-refractivity contribution in [2.45, 2.75) is 13.0 Å². The van der Waals surface area contributed by atoms with Crippen LogP contribution in [0.3, 0.4) is 0 Å². The molecule has 0 aliphatic carbocycles. The molecule has 3 rings (SSSR count). The number of aliphatic hydroxyl groups is 1. The minimum atomic E-state index is -0.274. The first-order valence-corrected chi connectivity index (χ1v) is 7.26. The van der Waals surface area contributed by atoms with Crippen molar-refractivity contribution in [3.05, 3.63) is 34.2 Å². The van der Waals surface area contributed by atoms with Gasteiger partial charge < -0.3 is 10.8 Å². The Morgan fingerprint density at radius 3 is 2.90 bits per heavy atom. The number of nitrogen functional groups attached to an aromatic ring is 1. The number of nitrogens with two attached hydrogens (primary N) is 1. The third kappa shape index (κ3) is 2.39.